The quantitative estimate of drug-likeness (QED) is 0.430. The van der Waals surface area contributed by atoms with Gasteiger partial charge in [0.2, 0.25) is 5.88 Å². The Morgan fingerprint density at radius 3 is 2.42 bits per heavy atom. The minimum atomic E-state index is -0.497. The highest BCUT2D eigenvalue weighted by molar-refractivity contribution is 5.89. The molecule has 3 N–H and O–H groups in total. The number of ether oxygens (including phenoxy) is 1. The molecule has 0 aliphatic carbocycles. The molecule has 0 aliphatic heterocycles. The molecule has 8 heteroatoms. The predicted octanol–water partition coefficient (Wildman–Crippen LogP) is 4.52. The molecule has 2 aromatic heterocycles. The second-order valence-electron chi connectivity index (χ2n) is 7.02. The van der Waals surface area contributed by atoms with E-state index in [-0.39, 0.29) is 0 Å². The van der Waals surface area contributed by atoms with Crippen molar-refractivity contribution in [3.05, 3.63) is 95.7 Å². The van der Waals surface area contributed by atoms with Crippen molar-refractivity contribution in [3.8, 4) is 11.6 Å². The monoisotopic (exact) mass is 414 g/mol. The van der Waals surface area contributed by atoms with Crippen LogP contribution in [0.4, 0.5) is 10.5 Å². The fourth-order valence-corrected chi connectivity index (χ4v) is 2.97. The summed E-state index contributed by atoms with van der Waals surface area (Å²) in [5.74, 6) is 2.29. The molecular formula is C23H22N6O2. The number of carbonyl (C=O) groups excluding carboxylic acids is 1. The number of nitrogens with zero attached hydrogens (tertiary/aromatic N) is 3. The van der Waals surface area contributed by atoms with Gasteiger partial charge in [0.1, 0.15) is 17.6 Å². The van der Waals surface area contributed by atoms with Gasteiger partial charge >= 0.3 is 6.03 Å². The average Bonchev–Trinajstić information content (AvgIpc) is 3.21. The molecule has 0 fully saturated rings. The molecule has 2 aromatic carbocycles. The number of nitrogens with one attached hydrogen (secondary N) is 3. The summed E-state index contributed by atoms with van der Waals surface area (Å²) in [4.78, 5) is 21.3. The van der Waals surface area contributed by atoms with Crippen molar-refractivity contribution >= 4 is 11.7 Å². The van der Waals surface area contributed by atoms with Crippen LogP contribution in [-0.4, -0.2) is 26.2 Å². The highest BCUT2D eigenvalue weighted by Gasteiger charge is 2.21. The van der Waals surface area contributed by atoms with Gasteiger partial charge in [-0.15, -0.1) is 0 Å². The van der Waals surface area contributed by atoms with Crippen LogP contribution in [0.2, 0.25) is 0 Å². The summed E-state index contributed by atoms with van der Waals surface area (Å²) in [5, 5.41) is 12.7. The lowest BCUT2D eigenvalue weighted by atomic mass is 10.1. The minimum absolute atomic E-state index is 0.398. The Kier molecular flexibility index (Phi) is 5.89. The molecule has 0 saturated carbocycles. The molecule has 2 heterocycles. The molecule has 4 rings (SSSR count). The number of pyridine rings is 1. The molecule has 0 radical (unpaired) electrons. The Balaban J connectivity index is 1.42. The smallest absolute Gasteiger partial charge is 0.320 e. The van der Waals surface area contributed by atoms with Crippen molar-refractivity contribution in [3.63, 3.8) is 0 Å². The molecule has 0 bridgehead atoms. The van der Waals surface area contributed by atoms with Gasteiger partial charge in [0.05, 0.1) is 11.9 Å². The molecule has 1 atom stereocenters. The van der Waals surface area contributed by atoms with Crippen LogP contribution in [-0.2, 0) is 0 Å². The van der Waals surface area contributed by atoms with Gasteiger partial charge in [-0.2, -0.15) is 5.10 Å². The molecule has 31 heavy (non-hydrogen) atoms. The predicted molar refractivity (Wildman–Crippen MR) is 117 cm³/mol. The number of rotatable bonds is 6. The van der Waals surface area contributed by atoms with Gasteiger partial charge in [-0.3, -0.25) is 5.10 Å². The van der Waals surface area contributed by atoms with Crippen LogP contribution in [0.5, 0.6) is 11.6 Å². The van der Waals surface area contributed by atoms with Gasteiger partial charge in [0.15, 0.2) is 5.82 Å². The van der Waals surface area contributed by atoms with E-state index in [0.29, 0.717) is 29.0 Å². The number of H-pyrrole nitrogens is 1. The van der Waals surface area contributed by atoms with Crippen LogP contribution in [0.1, 0.15) is 28.8 Å². The molecular weight excluding hydrogens is 392 g/mol. The zero-order valence-corrected chi connectivity index (χ0v) is 17.2. The molecule has 1 unspecified atom stereocenters. The van der Waals surface area contributed by atoms with Crippen molar-refractivity contribution in [2.75, 3.05) is 5.32 Å². The molecule has 4 aromatic rings. The largest absolute Gasteiger partial charge is 0.439 e. The van der Waals surface area contributed by atoms with E-state index in [2.05, 4.69) is 30.8 Å². The van der Waals surface area contributed by atoms with Crippen LogP contribution in [0.15, 0.2) is 72.9 Å². The number of carbonyl (C=O) groups is 1. The van der Waals surface area contributed by atoms with E-state index in [1.54, 1.807) is 12.1 Å². The summed E-state index contributed by atoms with van der Waals surface area (Å²) in [6.45, 7) is 3.82. The highest BCUT2D eigenvalue weighted by atomic mass is 16.5. The first-order valence-corrected chi connectivity index (χ1v) is 9.79. The van der Waals surface area contributed by atoms with Crippen molar-refractivity contribution < 1.29 is 9.53 Å². The maximum absolute atomic E-state index is 12.6. The van der Waals surface area contributed by atoms with Crippen LogP contribution in [0.3, 0.4) is 0 Å². The lowest BCUT2D eigenvalue weighted by Crippen LogP contribution is -2.33. The Hall–Kier alpha value is -4.20. The molecule has 0 spiro atoms. The number of aromatic amines is 1. The van der Waals surface area contributed by atoms with Crippen molar-refractivity contribution in [1.82, 2.24) is 25.5 Å². The van der Waals surface area contributed by atoms with E-state index in [1.807, 2.05) is 68.4 Å². The summed E-state index contributed by atoms with van der Waals surface area (Å²) < 4.78 is 5.72. The molecule has 0 aliphatic rings. The lowest BCUT2D eigenvalue weighted by molar-refractivity contribution is 0.249. The van der Waals surface area contributed by atoms with E-state index < -0.39 is 12.1 Å². The van der Waals surface area contributed by atoms with Crippen LogP contribution in [0.25, 0.3) is 0 Å². The maximum atomic E-state index is 12.6. The van der Waals surface area contributed by atoms with Crippen LogP contribution >= 0.6 is 0 Å². The van der Waals surface area contributed by atoms with Crippen LogP contribution < -0.4 is 15.4 Å². The number of hydrogen-bond donors (Lipinski definition) is 3. The van der Waals surface area contributed by atoms with E-state index in [4.69, 9.17) is 4.74 Å². The second-order valence-corrected chi connectivity index (χ2v) is 7.02. The Bertz CT molecular complexity index is 1140. The zero-order valence-electron chi connectivity index (χ0n) is 17.2. The SMILES string of the molecule is Cc1ccc(Oc2ccc(NC(=O)NC(c3ccccc3)c3n[nH]c(C)n3)cn2)cc1. The van der Waals surface area contributed by atoms with Gasteiger partial charge in [-0.1, -0.05) is 48.0 Å². The summed E-state index contributed by atoms with van der Waals surface area (Å²) in [7, 11) is 0. The normalized spacial score (nSPS) is 11.5. The molecule has 2 amide bonds. The summed E-state index contributed by atoms with van der Waals surface area (Å²) in [5.41, 5.74) is 2.56. The Morgan fingerprint density at radius 2 is 1.77 bits per heavy atom. The second kappa shape index (κ2) is 9.08. The van der Waals surface area contributed by atoms with E-state index in [9.17, 15) is 4.79 Å². The number of hydrogen-bond acceptors (Lipinski definition) is 5. The third-order valence-electron chi connectivity index (χ3n) is 4.52. The van der Waals surface area contributed by atoms with Gasteiger partial charge in [-0.25, -0.2) is 14.8 Å². The first-order chi connectivity index (χ1) is 15.1. The van der Waals surface area contributed by atoms with E-state index in [0.717, 1.165) is 11.1 Å². The summed E-state index contributed by atoms with van der Waals surface area (Å²) >= 11 is 0. The standard InChI is InChI=1S/C23H22N6O2/c1-15-8-11-19(12-9-15)31-20-13-10-18(14-24-20)26-23(30)27-21(17-6-4-3-5-7-17)22-25-16(2)28-29-22/h3-14,21H,1-2H3,(H,25,28,29)(H2,26,27,30). The van der Waals surface area contributed by atoms with Gasteiger partial charge < -0.3 is 15.4 Å². The third kappa shape index (κ3) is 5.24. The molecule has 156 valence electrons. The van der Waals surface area contributed by atoms with E-state index >= 15 is 0 Å². The van der Waals surface area contributed by atoms with Crippen molar-refractivity contribution in [2.24, 2.45) is 0 Å². The van der Waals surface area contributed by atoms with Gasteiger partial charge in [-0.05, 0) is 37.6 Å². The molecule has 8 nitrogen and oxygen atoms in total. The summed E-state index contributed by atoms with van der Waals surface area (Å²) in [6, 6.07) is 19.8. The number of anilines is 1. The van der Waals surface area contributed by atoms with Gasteiger partial charge in [0.25, 0.3) is 0 Å². The number of aryl methyl sites for hydroxylation is 2. The van der Waals surface area contributed by atoms with Gasteiger partial charge in [0, 0.05) is 6.07 Å². The lowest BCUT2D eigenvalue weighted by Gasteiger charge is -2.17. The number of benzene rings is 2. The first kappa shape index (κ1) is 20.1. The number of amides is 2. The summed E-state index contributed by atoms with van der Waals surface area (Å²) in [6.07, 6.45) is 1.54. The molecule has 0 saturated heterocycles. The first-order valence-electron chi connectivity index (χ1n) is 9.79. The maximum Gasteiger partial charge on any atom is 0.320 e. The fourth-order valence-electron chi connectivity index (χ4n) is 2.97. The van der Waals surface area contributed by atoms with Crippen molar-refractivity contribution in [1.29, 1.82) is 0 Å². The Morgan fingerprint density at radius 1 is 1.00 bits per heavy atom. The van der Waals surface area contributed by atoms with Crippen LogP contribution in [0, 0.1) is 13.8 Å². The Labute approximate surface area is 179 Å². The number of urea groups is 1. The number of aromatic nitrogens is 4. The van der Waals surface area contributed by atoms with Crippen molar-refractivity contribution in [2.45, 2.75) is 19.9 Å². The zero-order chi connectivity index (χ0) is 21.6. The fraction of sp³-hybridized carbons (Fsp3) is 0.130. The average molecular weight is 414 g/mol. The van der Waals surface area contributed by atoms with E-state index in [1.165, 1.54) is 6.20 Å². The third-order valence-corrected chi connectivity index (χ3v) is 4.52. The topological polar surface area (TPSA) is 105 Å². The highest BCUT2D eigenvalue weighted by Crippen LogP contribution is 2.22. The minimum Gasteiger partial charge on any atom is -0.439 e.